The van der Waals surface area contributed by atoms with E-state index in [0.717, 1.165) is 25.7 Å². The van der Waals surface area contributed by atoms with Crippen LogP contribution in [0.4, 0.5) is 0 Å². The summed E-state index contributed by atoms with van der Waals surface area (Å²) >= 11 is 0. The molecule has 1 aliphatic carbocycles. The Labute approximate surface area is 103 Å². The molecule has 0 radical (unpaired) electrons. The molecule has 2 aliphatic rings. The molecule has 2 rings (SSSR count). The van der Waals surface area contributed by atoms with Gasteiger partial charge in [0.05, 0.1) is 12.5 Å². The van der Waals surface area contributed by atoms with Gasteiger partial charge in [0, 0.05) is 5.92 Å². The number of hydrogen-bond acceptors (Lipinski definition) is 3. The third-order valence-corrected chi connectivity index (χ3v) is 3.99. The van der Waals surface area contributed by atoms with Crippen molar-refractivity contribution in [3.05, 3.63) is 11.6 Å². The Balaban J connectivity index is 2.06. The predicted molar refractivity (Wildman–Crippen MR) is 65.4 cm³/mol. The molecule has 3 heteroatoms. The van der Waals surface area contributed by atoms with Gasteiger partial charge in [0.25, 0.3) is 0 Å². The summed E-state index contributed by atoms with van der Waals surface area (Å²) in [5, 5.41) is 9.36. The maximum Gasteiger partial charge on any atom is 0.306 e. The van der Waals surface area contributed by atoms with Crippen LogP contribution in [0, 0.1) is 11.8 Å². The van der Waals surface area contributed by atoms with Crippen LogP contribution in [0.1, 0.15) is 46.0 Å². The molecule has 0 unspecified atom stereocenters. The van der Waals surface area contributed by atoms with E-state index in [1.165, 1.54) is 5.57 Å². The quantitative estimate of drug-likeness (QED) is 0.607. The van der Waals surface area contributed by atoms with Crippen molar-refractivity contribution in [1.29, 1.82) is 0 Å². The summed E-state index contributed by atoms with van der Waals surface area (Å²) in [6.07, 6.45) is 6.38. The van der Waals surface area contributed by atoms with Gasteiger partial charge in [-0.15, -0.1) is 0 Å². The second kappa shape index (κ2) is 5.21. The lowest BCUT2D eigenvalue weighted by atomic mass is 9.92. The topological polar surface area (TPSA) is 46.5 Å². The molecular formula is C14H22O3. The van der Waals surface area contributed by atoms with Crippen LogP contribution >= 0.6 is 0 Å². The van der Waals surface area contributed by atoms with E-state index in [-0.39, 0.29) is 18.2 Å². The van der Waals surface area contributed by atoms with Crippen molar-refractivity contribution in [3.8, 4) is 0 Å². The summed E-state index contributed by atoms with van der Waals surface area (Å²) < 4.78 is 5.35. The van der Waals surface area contributed by atoms with Crippen molar-refractivity contribution >= 4 is 5.97 Å². The number of fused-ring (bicyclic) bond motifs is 1. The number of ether oxygens (including phenoxy) is 1. The molecule has 1 fully saturated rings. The van der Waals surface area contributed by atoms with Crippen LogP contribution < -0.4 is 0 Å². The minimum absolute atomic E-state index is 0.00329. The SMILES string of the molecule is C[C@H](O)CCC1=C[C@H]2OC(=O)C[C@@H]2CC[C@@H]1C. The van der Waals surface area contributed by atoms with E-state index in [0.29, 0.717) is 18.3 Å². The highest BCUT2D eigenvalue weighted by atomic mass is 16.5. The molecule has 0 aromatic rings. The zero-order chi connectivity index (χ0) is 12.4. The second-order valence-electron chi connectivity index (χ2n) is 5.53. The maximum atomic E-state index is 11.3. The van der Waals surface area contributed by atoms with Crippen molar-refractivity contribution in [2.45, 2.75) is 58.2 Å². The lowest BCUT2D eigenvalue weighted by Crippen LogP contribution is -2.12. The fraction of sp³-hybridized carbons (Fsp3) is 0.786. The number of esters is 1. The monoisotopic (exact) mass is 238 g/mol. The van der Waals surface area contributed by atoms with E-state index in [1.54, 1.807) is 0 Å². The Bertz CT molecular complexity index is 319. The number of allylic oxidation sites excluding steroid dienone is 1. The summed E-state index contributed by atoms with van der Waals surface area (Å²) in [5.74, 6) is 0.882. The molecule has 0 saturated carbocycles. The first-order chi connectivity index (χ1) is 8.06. The Kier molecular flexibility index (Phi) is 3.87. The molecule has 4 atom stereocenters. The van der Waals surface area contributed by atoms with Crippen molar-refractivity contribution in [3.63, 3.8) is 0 Å². The van der Waals surface area contributed by atoms with Gasteiger partial charge in [-0.25, -0.2) is 0 Å². The number of aliphatic hydroxyl groups excluding tert-OH is 1. The fourth-order valence-electron chi connectivity index (χ4n) is 2.79. The van der Waals surface area contributed by atoms with E-state index < -0.39 is 0 Å². The van der Waals surface area contributed by atoms with E-state index >= 15 is 0 Å². The van der Waals surface area contributed by atoms with Gasteiger partial charge < -0.3 is 9.84 Å². The van der Waals surface area contributed by atoms with Crippen molar-refractivity contribution in [2.75, 3.05) is 0 Å². The van der Waals surface area contributed by atoms with E-state index in [4.69, 9.17) is 4.74 Å². The van der Waals surface area contributed by atoms with Gasteiger partial charge in [0.1, 0.15) is 6.10 Å². The molecule has 3 nitrogen and oxygen atoms in total. The van der Waals surface area contributed by atoms with Crippen LogP contribution in [0.3, 0.4) is 0 Å². The number of carbonyl (C=O) groups is 1. The van der Waals surface area contributed by atoms with Crippen LogP contribution in [-0.4, -0.2) is 23.3 Å². The lowest BCUT2D eigenvalue weighted by Gasteiger charge is -2.15. The molecule has 0 amide bonds. The predicted octanol–water partition coefficient (Wildman–Crippen LogP) is 2.44. The molecular weight excluding hydrogens is 216 g/mol. The first kappa shape index (κ1) is 12.6. The van der Waals surface area contributed by atoms with Crippen LogP contribution in [0.5, 0.6) is 0 Å². The van der Waals surface area contributed by atoms with Gasteiger partial charge in [-0.2, -0.15) is 0 Å². The van der Waals surface area contributed by atoms with E-state index in [9.17, 15) is 9.90 Å². The fourth-order valence-corrected chi connectivity index (χ4v) is 2.79. The zero-order valence-electron chi connectivity index (χ0n) is 10.7. The molecule has 0 aromatic heterocycles. The van der Waals surface area contributed by atoms with Crippen molar-refractivity contribution in [2.24, 2.45) is 11.8 Å². The van der Waals surface area contributed by atoms with Crippen LogP contribution in [0.15, 0.2) is 11.6 Å². The highest BCUT2D eigenvalue weighted by Gasteiger charge is 2.35. The van der Waals surface area contributed by atoms with Crippen molar-refractivity contribution < 1.29 is 14.6 Å². The van der Waals surface area contributed by atoms with Gasteiger partial charge in [-0.05, 0) is 44.6 Å². The maximum absolute atomic E-state index is 11.3. The lowest BCUT2D eigenvalue weighted by molar-refractivity contribution is -0.140. The van der Waals surface area contributed by atoms with E-state index in [1.807, 2.05) is 6.92 Å². The number of carbonyl (C=O) groups excluding carboxylic acids is 1. The summed E-state index contributed by atoms with van der Waals surface area (Å²) in [5.41, 5.74) is 1.35. The average molecular weight is 238 g/mol. The summed E-state index contributed by atoms with van der Waals surface area (Å²) in [7, 11) is 0. The van der Waals surface area contributed by atoms with Gasteiger partial charge in [-0.1, -0.05) is 12.5 Å². The molecule has 1 saturated heterocycles. The molecule has 17 heavy (non-hydrogen) atoms. The zero-order valence-corrected chi connectivity index (χ0v) is 10.7. The summed E-state index contributed by atoms with van der Waals surface area (Å²) in [6, 6.07) is 0. The molecule has 0 aromatic carbocycles. The smallest absolute Gasteiger partial charge is 0.306 e. The largest absolute Gasteiger partial charge is 0.458 e. The highest BCUT2D eigenvalue weighted by molar-refractivity contribution is 5.72. The van der Waals surface area contributed by atoms with Crippen molar-refractivity contribution in [1.82, 2.24) is 0 Å². The van der Waals surface area contributed by atoms with Gasteiger partial charge in [-0.3, -0.25) is 4.79 Å². The third kappa shape index (κ3) is 3.09. The first-order valence-electron chi connectivity index (χ1n) is 6.64. The van der Waals surface area contributed by atoms with E-state index in [2.05, 4.69) is 13.0 Å². The standard InChI is InChI=1S/C14H22O3/c1-9-3-5-12-8-14(16)17-13(12)7-11(9)6-4-10(2)15/h7,9-10,12-13,15H,3-6,8H2,1-2H3/t9-,10-,12-,13+/m0/s1. The third-order valence-electron chi connectivity index (χ3n) is 3.99. The highest BCUT2D eigenvalue weighted by Crippen LogP contribution is 2.36. The molecule has 1 heterocycles. The normalized spacial score (nSPS) is 34.6. The number of hydrogen-bond donors (Lipinski definition) is 1. The molecule has 1 N–H and O–H groups in total. The van der Waals surface area contributed by atoms with Gasteiger partial charge in [0.2, 0.25) is 0 Å². The molecule has 0 bridgehead atoms. The van der Waals surface area contributed by atoms with Crippen LogP contribution in [-0.2, 0) is 9.53 Å². The summed E-state index contributed by atoms with van der Waals surface area (Å²) in [6.45, 7) is 4.05. The number of rotatable bonds is 3. The minimum Gasteiger partial charge on any atom is -0.458 e. The second-order valence-corrected chi connectivity index (χ2v) is 5.53. The summed E-state index contributed by atoms with van der Waals surface area (Å²) in [4.78, 5) is 11.3. The minimum atomic E-state index is -0.256. The van der Waals surface area contributed by atoms with Gasteiger partial charge >= 0.3 is 5.97 Å². The molecule has 1 aliphatic heterocycles. The molecule has 0 spiro atoms. The van der Waals surface area contributed by atoms with Crippen LogP contribution in [0.25, 0.3) is 0 Å². The Morgan fingerprint density at radius 2 is 2.29 bits per heavy atom. The Morgan fingerprint density at radius 1 is 1.53 bits per heavy atom. The van der Waals surface area contributed by atoms with Gasteiger partial charge in [0.15, 0.2) is 0 Å². The Hall–Kier alpha value is -0.830. The first-order valence-corrected chi connectivity index (χ1v) is 6.64. The number of aliphatic hydroxyl groups is 1. The van der Waals surface area contributed by atoms with Crippen LogP contribution in [0.2, 0.25) is 0 Å². The average Bonchev–Trinajstić information content (AvgIpc) is 2.54. The Morgan fingerprint density at radius 3 is 3.00 bits per heavy atom. The molecule has 96 valence electrons.